The van der Waals surface area contributed by atoms with Crippen LogP contribution in [0.2, 0.25) is 0 Å². The average Bonchev–Trinajstić information content (AvgIpc) is 2.99. The smallest absolute Gasteiger partial charge is 0.293 e. The number of benzene rings is 1. The summed E-state index contributed by atoms with van der Waals surface area (Å²) < 4.78 is 0.887. The van der Waals surface area contributed by atoms with Crippen molar-refractivity contribution in [2.45, 2.75) is 25.8 Å². The molecule has 86 valence electrons. The van der Waals surface area contributed by atoms with E-state index < -0.39 is 0 Å². The van der Waals surface area contributed by atoms with Crippen LogP contribution in [0.4, 0.5) is 11.4 Å². The SMILES string of the molecule is CCC1CC1Nc1ccc(I)cc1[N+](=O)[O-]. The van der Waals surface area contributed by atoms with Crippen LogP contribution < -0.4 is 5.32 Å². The third-order valence-corrected chi connectivity index (χ3v) is 3.62. The van der Waals surface area contributed by atoms with Crippen molar-refractivity contribution in [2.24, 2.45) is 5.92 Å². The van der Waals surface area contributed by atoms with Crippen molar-refractivity contribution in [1.82, 2.24) is 0 Å². The number of rotatable bonds is 4. The van der Waals surface area contributed by atoms with Crippen LogP contribution in [0.25, 0.3) is 0 Å². The van der Waals surface area contributed by atoms with Crippen LogP contribution in [0.3, 0.4) is 0 Å². The van der Waals surface area contributed by atoms with Crippen LogP contribution in [-0.2, 0) is 0 Å². The molecule has 2 atom stereocenters. The van der Waals surface area contributed by atoms with Crippen molar-refractivity contribution >= 4 is 34.0 Å². The van der Waals surface area contributed by atoms with E-state index >= 15 is 0 Å². The van der Waals surface area contributed by atoms with Crippen LogP contribution in [-0.4, -0.2) is 11.0 Å². The molecule has 0 heterocycles. The summed E-state index contributed by atoms with van der Waals surface area (Å²) in [5.41, 5.74) is 0.819. The highest BCUT2D eigenvalue weighted by atomic mass is 127. The maximum Gasteiger partial charge on any atom is 0.293 e. The van der Waals surface area contributed by atoms with Crippen molar-refractivity contribution < 1.29 is 4.92 Å². The van der Waals surface area contributed by atoms with Gasteiger partial charge in [-0.05, 0) is 47.1 Å². The number of nitro benzene ring substituents is 1. The van der Waals surface area contributed by atoms with E-state index in [1.54, 1.807) is 12.1 Å². The predicted octanol–water partition coefficient (Wildman–Crippen LogP) is 3.41. The molecule has 1 aliphatic carbocycles. The molecule has 0 radical (unpaired) electrons. The Balaban J connectivity index is 2.17. The number of hydrogen-bond acceptors (Lipinski definition) is 3. The van der Waals surface area contributed by atoms with Gasteiger partial charge in [0.05, 0.1) is 4.92 Å². The minimum absolute atomic E-state index is 0.175. The molecule has 0 saturated heterocycles. The Hall–Kier alpha value is -0.850. The van der Waals surface area contributed by atoms with Gasteiger partial charge in [-0.2, -0.15) is 0 Å². The van der Waals surface area contributed by atoms with Crippen LogP contribution in [0.15, 0.2) is 18.2 Å². The third kappa shape index (κ3) is 2.45. The van der Waals surface area contributed by atoms with Crippen molar-refractivity contribution in [3.63, 3.8) is 0 Å². The number of hydrogen-bond donors (Lipinski definition) is 1. The maximum atomic E-state index is 10.9. The molecule has 0 aliphatic heterocycles. The third-order valence-electron chi connectivity index (χ3n) is 2.94. The van der Waals surface area contributed by atoms with E-state index in [1.807, 2.05) is 6.07 Å². The zero-order chi connectivity index (χ0) is 11.7. The van der Waals surface area contributed by atoms with Crippen LogP contribution in [0.1, 0.15) is 19.8 Å². The molecule has 5 heteroatoms. The number of anilines is 1. The first-order valence-corrected chi connectivity index (χ1v) is 6.40. The summed E-state index contributed by atoms with van der Waals surface area (Å²) in [6, 6.07) is 5.71. The van der Waals surface area contributed by atoms with E-state index in [-0.39, 0.29) is 10.6 Å². The Kier molecular flexibility index (Phi) is 3.32. The van der Waals surface area contributed by atoms with Crippen molar-refractivity contribution in [3.8, 4) is 0 Å². The second kappa shape index (κ2) is 4.57. The molecular weight excluding hydrogens is 319 g/mol. The van der Waals surface area contributed by atoms with Gasteiger partial charge in [-0.1, -0.05) is 13.3 Å². The van der Waals surface area contributed by atoms with Gasteiger partial charge in [0.2, 0.25) is 0 Å². The largest absolute Gasteiger partial charge is 0.376 e. The summed E-state index contributed by atoms with van der Waals surface area (Å²) in [6.07, 6.45) is 2.26. The van der Waals surface area contributed by atoms with Crippen molar-refractivity contribution in [1.29, 1.82) is 0 Å². The van der Waals surface area contributed by atoms with Crippen molar-refractivity contribution in [2.75, 3.05) is 5.32 Å². The minimum Gasteiger partial charge on any atom is -0.376 e. The van der Waals surface area contributed by atoms with E-state index in [9.17, 15) is 10.1 Å². The van der Waals surface area contributed by atoms with Gasteiger partial charge in [0.15, 0.2) is 0 Å². The molecule has 1 aromatic carbocycles. The molecule has 16 heavy (non-hydrogen) atoms. The Labute approximate surface area is 108 Å². The van der Waals surface area contributed by atoms with Crippen LogP contribution in [0, 0.1) is 19.6 Å². The molecule has 0 aromatic heterocycles. The lowest BCUT2D eigenvalue weighted by Crippen LogP contribution is -2.06. The summed E-state index contributed by atoms with van der Waals surface area (Å²) in [7, 11) is 0. The molecular formula is C11H13IN2O2. The molecule has 4 nitrogen and oxygen atoms in total. The van der Waals surface area contributed by atoms with Crippen molar-refractivity contribution in [3.05, 3.63) is 31.9 Å². The molecule has 2 unspecified atom stereocenters. The Morgan fingerprint density at radius 3 is 2.94 bits per heavy atom. The fourth-order valence-corrected chi connectivity index (χ4v) is 2.33. The zero-order valence-electron chi connectivity index (χ0n) is 8.94. The first kappa shape index (κ1) is 11.6. The predicted molar refractivity (Wildman–Crippen MR) is 71.6 cm³/mol. The highest BCUT2D eigenvalue weighted by Gasteiger charge is 2.36. The second-order valence-electron chi connectivity index (χ2n) is 4.07. The summed E-state index contributed by atoms with van der Waals surface area (Å²) in [5, 5.41) is 14.1. The maximum absolute atomic E-state index is 10.9. The van der Waals surface area contributed by atoms with Gasteiger partial charge in [-0.3, -0.25) is 10.1 Å². The molecule has 1 aliphatic rings. The lowest BCUT2D eigenvalue weighted by atomic mass is 10.2. The van der Waals surface area contributed by atoms with E-state index in [4.69, 9.17) is 0 Å². The molecule has 1 aromatic rings. The number of halogens is 1. The van der Waals surface area contributed by atoms with Gasteiger partial charge in [-0.15, -0.1) is 0 Å². The lowest BCUT2D eigenvalue weighted by Gasteiger charge is -2.06. The van der Waals surface area contributed by atoms with E-state index in [0.29, 0.717) is 17.6 Å². The quantitative estimate of drug-likeness (QED) is 0.522. The van der Waals surface area contributed by atoms with Crippen LogP contribution >= 0.6 is 22.6 Å². The number of nitrogens with zero attached hydrogens (tertiary/aromatic N) is 1. The van der Waals surface area contributed by atoms with Gasteiger partial charge < -0.3 is 5.32 Å². The fraction of sp³-hybridized carbons (Fsp3) is 0.455. The Morgan fingerprint density at radius 2 is 2.38 bits per heavy atom. The zero-order valence-corrected chi connectivity index (χ0v) is 11.1. The molecule has 0 amide bonds. The topological polar surface area (TPSA) is 55.2 Å². The minimum atomic E-state index is -0.326. The molecule has 0 spiro atoms. The summed E-state index contributed by atoms with van der Waals surface area (Å²) in [6.45, 7) is 2.15. The van der Waals surface area contributed by atoms with Crippen LogP contribution in [0.5, 0.6) is 0 Å². The van der Waals surface area contributed by atoms with E-state index in [1.165, 1.54) is 0 Å². The standard InChI is InChI=1S/C11H13IN2O2/c1-2-7-5-10(7)13-9-4-3-8(12)6-11(9)14(15)16/h3-4,6-7,10,13H,2,5H2,1H3. The molecule has 2 rings (SSSR count). The highest BCUT2D eigenvalue weighted by Crippen LogP contribution is 2.38. The Morgan fingerprint density at radius 1 is 1.62 bits per heavy atom. The molecule has 1 fully saturated rings. The monoisotopic (exact) mass is 332 g/mol. The van der Waals surface area contributed by atoms with Gasteiger partial charge >= 0.3 is 0 Å². The number of nitrogens with one attached hydrogen (secondary N) is 1. The first-order chi connectivity index (χ1) is 7.61. The molecule has 0 bridgehead atoms. The summed E-state index contributed by atoms with van der Waals surface area (Å²) in [5.74, 6) is 0.680. The highest BCUT2D eigenvalue weighted by molar-refractivity contribution is 14.1. The van der Waals surface area contributed by atoms with Gasteiger partial charge in [-0.25, -0.2) is 0 Å². The normalized spacial score (nSPS) is 22.9. The molecule has 1 saturated carbocycles. The summed E-state index contributed by atoms with van der Waals surface area (Å²) >= 11 is 2.08. The van der Waals surface area contributed by atoms with Gasteiger partial charge in [0.25, 0.3) is 5.69 Å². The van der Waals surface area contributed by atoms with E-state index in [0.717, 1.165) is 16.4 Å². The fourth-order valence-electron chi connectivity index (χ4n) is 1.85. The van der Waals surface area contributed by atoms with E-state index in [2.05, 4.69) is 34.8 Å². The summed E-state index contributed by atoms with van der Waals surface area (Å²) in [4.78, 5) is 10.6. The molecule has 1 N–H and O–H groups in total. The lowest BCUT2D eigenvalue weighted by molar-refractivity contribution is -0.384. The number of nitro groups is 1. The van der Waals surface area contributed by atoms with Gasteiger partial charge in [0, 0.05) is 15.7 Å². The van der Waals surface area contributed by atoms with Gasteiger partial charge in [0.1, 0.15) is 5.69 Å². The Bertz CT molecular complexity index is 422. The first-order valence-electron chi connectivity index (χ1n) is 5.32. The average molecular weight is 332 g/mol. The second-order valence-corrected chi connectivity index (χ2v) is 5.32.